The predicted octanol–water partition coefficient (Wildman–Crippen LogP) is 6.26. The third-order valence-corrected chi connectivity index (χ3v) is 18.8. The molecule has 4 aliphatic heterocycles. The maximum atomic E-state index is 13.4. The van der Waals surface area contributed by atoms with Gasteiger partial charge in [-0.05, 0) is 111 Å². The van der Waals surface area contributed by atoms with Gasteiger partial charge in [-0.1, -0.05) is 31.6 Å². The van der Waals surface area contributed by atoms with Crippen LogP contribution in [0, 0.1) is 28.6 Å². The highest BCUT2D eigenvalue weighted by Gasteiger charge is 2.71. The molecule has 18 unspecified atom stereocenters. The van der Waals surface area contributed by atoms with Gasteiger partial charge in [-0.3, -0.25) is 4.79 Å². The molecule has 4 heterocycles. The van der Waals surface area contributed by atoms with Crippen molar-refractivity contribution < 1.29 is 81.4 Å². The quantitative estimate of drug-likeness (QED) is 0.106. The molecule has 0 aromatic heterocycles. The molecule has 4 aliphatic carbocycles. The Balaban J connectivity index is 0.855. The molecule has 0 aromatic carbocycles. The number of aliphatic hydroxyl groups excluding tert-OH is 1. The van der Waals surface area contributed by atoms with E-state index in [4.69, 9.17) is 61.6 Å². The average molecular weight is 1010 g/mol. The summed E-state index contributed by atoms with van der Waals surface area (Å²) in [6.45, 7) is 17.1. The van der Waals surface area contributed by atoms with Crippen molar-refractivity contribution in [1.29, 1.82) is 0 Å². The molecule has 4 saturated heterocycles. The molecule has 17 nitrogen and oxygen atoms in total. The average Bonchev–Trinajstić information content (AvgIpc) is 3.63. The maximum Gasteiger partial charge on any atom is 0.333 e. The Morgan fingerprint density at radius 3 is 1.62 bits per heavy atom. The molecular formula is C54H86O17. The summed E-state index contributed by atoms with van der Waals surface area (Å²) in [6.07, 6.45) is 2.27. The Morgan fingerprint density at radius 2 is 1.14 bits per heavy atom. The van der Waals surface area contributed by atoms with E-state index in [-0.39, 0.29) is 65.4 Å². The van der Waals surface area contributed by atoms with Crippen molar-refractivity contribution in [2.75, 3.05) is 28.4 Å². The summed E-state index contributed by atoms with van der Waals surface area (Å²) in [5.74, 6) is -0.718. The number of carbonyl (C=O) groups excluding carboxylic acids is 2. The van der Waals surface area contributed by atoms with E-state index in [1.54, 1.807) is 55.3 Å². The van der Waals surface area contributed by atoms with Crippen LogP contribution in [0.5, 0.6) is 0 Å². The number of carbonyl (C=O) groups is 2. The van der Waals surface area contributed by atoms with Crippen molar-refractivity contribution in [3.8, 4) is 0 Å². The van der Waals surface area contributed by atoms with Crippen LogP contribution < -0.4 is 0 Å². The first-order valence-corrected chi connectivity index (χ1v) is 26.5. The van der Waals surface area contributed by atoms with Gasteiger partial charge >= 0.3 is 5.97 Å². The van der Waals surface area contributed by atoms with Crippen LogP contribution in [0.2, 0.25) is 0 Å². The molecule has 8 aliphatic rings. The van der Waals surface area contributed by atoms with E-state index >= 15 is 0 Å². The number of rotatable bonds is 15. The zero-order valence-electron chi connectivity index (χ0n) is 44.6. The van der Waals surface area contributed by atoms with Gasteiger partial charge in [0.1, 0.15) is 36.3 Å². The number of allylic oxidation sites excluding steroid dienone is 2. The standard InChI is InChI=1S/C54H86O17/c1-14-27(2)51(57)68-42-22-37-36(54(58)20-18-35(28(3)55)53(42,54)9)16-15-33-21-34(17-19-52(33,37)8)67-43-24-39(60-11)48(30(5)64-43)70-45-26-41(62-13)50(32(7)66-45)71-46-25-40(61-12)49(31(6)65-46)69-44-23-38(59-10)47(56)29(4)63-44/h14-15,29-32,34-50,56,58H,16-26H2,1-13H3/b27-14+/t29?,30?,31?,32?,34-,35+,36?,37?,38?,39?,40?,41?,42+,43?,44?,45?,46?,47?,48?,49?,50?,52-,53-,54-/m0/s1. The van der Waals surface area contributed by atoms with Gasteiger partial charge in [0.25, 0.3) is 0 Å². The van der Waals surface area contributed by atoms with Gasteiger partial charge in [-0.2, -0.15) is 0 Å². The maximum absolute atomic E-state index is 13.4. The molecule has 0 spiro atoms. The minimum Gasteiger partial charge on any atom is -0.458 e. The second-order valence-corrected chi connectivity index (χ2v) is 22.5. The van der Waals surface area contributed by atoms with E-state index in [1.807, 2.05) is 34.6 Å². The lowest BCUT2D eigenvalue weighted by atomic mass is 9.45. The summed E-state index contributed by atoms with van der Waals surface area (Å²) in [6, 6.07) is 0. The highest BCUT2D eigenvalue weighted by molar-refractivity contribution is 5.88. The second kappa shape index (κ2) is 22.3. The SMILES string of the molecule is C/C=C(\C)C(=O)O[C@@H]1CC2C(CC=C3C[C@@H](OC4CC(OC)C(OC5CC(OC)C(OC6CC(OC)C(OC7CC(OC)C(O)C(C)O7)C(C)O6)C(C)O5)C(C)O4)CC[C@@]32C)[C@@]2(O)CC[C@H](C(C)=O)[C@@]12C. The lowest BCUT2D eigenvalue weighted by Crippen LogP contribution is -2.66. The fraction of sp³-hybridized carbons (Fsp3) is 0.889. The van der Waals surface area contributed by atoms with Gasteiger partial charge in [-0.15, -0.1) is 0 Å². The molecule has 0 amide bonds. The minimum absolute atomic E-state index is 0.0422. The van der Waals surface area contributed by atoms with Gasteiger partial charge in [0.15, 0.2) is 25.2 Å². The van der Waals surface area contributed by atoms with E-state index in [0.29, 0.717) is 56.9 Å². The van der Waals surface area contributed by atoms with E-state index in [1.165, 1.54) is 5.57 Å². The first-order chi connectivity index (χ1) is 33.7. The molecule has 3 saturated carbocycles. The molecule has 2 N–H and O–H groups in total. The lowest BCUT2D eigenvalue weighted by Gasteiger charge is -2.63. The molecule has 8 rings (SSSR count). The Morgan fingerprint density at radius 1 is 0.662 bits per heavy atom. The highest BCUT2D eigenvalue weighted by atomic mass is 16.8. The van der Waals surface area contributed by atoms with E-state index in [9.17, 15) is 19.8 Å². The number of aliphatic hydroxyl groups is 2. The normalized spacial score (nSPS) is 49.3. The van der Waals surface area contributed by atoms with Gasteiger partial charge < -0.3 is 71.8 Å². The number of hydrogen-bond donors (Lipinski definition) is 2. The van der Waals surface area contributed by atoms with Gasteiger partial charge in [0, 0.05) is 71.0 Å². The van der Waals surface area contributed by atoms with Gasteiger partial charge in [0.2, 0.25) is 0 Å². The summed E-state index contributed by atoms with van der Waals surface area (Å²) in [5.41, 5.74) is -0.429. The Kier molecular flexibility index (Phi) is 17.4. The monoisotopic (exact) mass is 1010 g/mol. The molecular weight excluding hydrogens is 921 g/mol. The molecule has 0 aromatic rings. The van der Waals surface area contributed by atoms with E-state index in [0.717, 1.165) is 19.3 Å². The van der Waals surface area contributed by atoms with Crippen LogP contribution in [0.1, 0.15) is 133 Å². The summed E-state index contributed by atoms with van der Waals surface area (Å²) in [4.78, 5) is 26.5. The minimum atomic E-state index is -1.15. The van der Waals surface area contributed by atoms with Crippen molar-refractivity contribution in [1.82, 2.24) is 0 Å². The molecule has 0 bridgehead atoms. The van der Waals surface area contributed by atoms with Crippen LogP contribution in [-0.2, 0) is 71.2 Å². The smallest absolute Gasteiger partial charge is 0.333 e. The third kappa shape index (κ3) is 10.5. The fourth-order valence-corrected chi connectivity index (χ4v) is 14.4. The lowest BCUT2D eigenvalue weighted by molar-refractivity contribution is -0.347. The Labute approximate surface area is 421 Å². The molecule has 24 atom stereocenters. The molecule has 17 heteroatoms. The number of ketones is 1. The van der Waals surface area contributed by atoms with E-state index in [2.05, 4.69) is 13.0 Å². The predicted molar refractivity (Wildman–Crippen MR) is 257 cm³/mol. The fourth-order valence-electron chi connectivity index (χ4n) is 14.4. The first kappa shape index (κ1) is 55.3. The van der Waals surface area contributed by atoms with Crippen LogP contribution in [0.4, 0.5) is 0 Å². The zero-order valence-corrected chi connectivity index (χ0v) is 44.6. The number of methoxy groups -OCH3 is 4. The third-order valence-electron chi connectivity index (χ3n) is 18.8. The van der Waals surface area contributed by atoms with E-state index < -0.39 is 91.1 Å². The topological polar surface area (TPSA) is 195 Å². The molecule has 7 fully saturated rings. The number of ether oxygens (including phenoxy) is 13. The van der Waals surface area contributed by atoms with Crippen LogP contribution in [-0.4, -0.2) is 167 Å². The number of Topliss-reactive ketones (excluding diaryl/α,β-unsaturated/α-hetero) is 1. The first-order valence-electron chi connectivity index (χ1n) is 26.5. The van der Waals surface area contributed by atoms with Crippen LogP contribution in [0.25, 0.3) is 0 Å². The molecule has 0 radical (unpaired) electrons. The van der Waals surface area contributed by atoms with Crippen LogP contribution in [0.3, 0.4) is 0 Å². The Bertz CT molecular complexity index is 1910. The van der Waals surface area contributed by atoms with Gasteiger partial charge in [0.05, 0.1) is 60.5 Å². The summed E-state index contributed by atoms with van der Waals surface area (Å²) in [5, 5.41) is 23.3. The van der Waals surface area contributed by atoms with Crippen LogP contribution in [0.15, 0.2) is 23.3 Å². The summed E-state index contributed by atoms with van der Waals surface area (Å²) in [7, 11) is 6.56. The van der Waals surface area contributed by atoms with Crippen molar-refractivity contribution in [2.45, 2.75) is 249 Å². The molecule has 404 valence electrons. The summed E-state index contributed by atoms with van der Waals surface area (Å²) < 4.78 is 81.8. The van der Waals surface area contributed by atoms with Crippen molar-refractivity contribution in [2.24, 2.45) is 28.6 Å². The van der Waals surface area contributed by atoms with Crippen molar-refractivity contribution >= 4 is 11.8 Å². The molecule has 71 heavy (non-hydrogen) atoms. The number of hydrogen-bond acceptors (Lipinski definition) is 17. The number of esters is 1. The van der Waals surface area contributed by atoms with Crippen molar-refractivity contribution in [3.05, 3.63) is 23.3 Å². The Hall–Kier alpha value is -1.94. The summed E-state index contributed by atoms with van der Waals surface area (Å²) >= 11 is 0. The largest absolute Gasteiger partial charge is 0.458 e. The van der Waals surface area contributed by atoms with Crippen LogP contribution >= 0.6 is 0 Å². The number of fused-ring (bicyclic) bond motifs is 5. The zero-order chi connectivity index (χ0) is 51.3. The second-order valence-electron chi connectivity index (χ2n) is 22.5. The van der Waals surface area contributed by atoms with Crippen molar-refractivity contribution in [3.63, 3.8) is 0 Å². The van der Waals surface area contributed by atoms with Gasteiger partial charge in [-0.25, -0.2) is 4.79 Å². The highest BCUT2D eigenvalue weighted by Crippen LogP contribution is 2.68.